The summed E-state index contributed by atoms with van der Waals surface area (Å²) in [5.74, 6) is 0.404. The first-order chi connectivity index (χ1) is 12.4. The molecule has 138 valence electrons. The van der Waals surface area contributed by atoms with E-state index in [0.717, 1.165) is 22.7 Å². The van der Waals surface area contributed by atoms with Gasteiger partial charge in [-0.3, -0.25) is 4.79 Å². The minimum Gasteiger partial charge on any atom is -0.468 e. The number of rotatable bonds is 8. The Morgan fingerprint density at radius 1 is 1.23 bits per heavy atom. The summed E-state index contributed by atoms with van der Waals surface area (Å²) in [7, 11) is -3.40. The number of aromatic nitrogens is 1. The number of para-hydroxylation sites is 1. The van der Waals surface area contributed by atoms with E-state index in [-0.39, 0.29) is 32.0 Å². The Labute approximate surface area is 152 Å². The molecule has 3 rings (SSSR count). The lowest BCUT2D eigenvalue weighted by Gasteiger charge is -2.19. The van der Waals surface area contributed by atoms with Gasteiger partial charge >= 0.3 is 0 Å². The van der Waals surface area contributed by atoms with E-state index in [0.29, 0.717) is 5.76 Å². The molecular formula is C18H21N3O4S. The van der Waals surface area contributed by atoms with Crippen molar-refractivity contribution in [2.45, 2.75) is 13.0 Å². The van der Waals surface area contributed by atoms with Crippen molar-refractivity contribution >= 4 is 26.8 Å². The van der Waals surface area contributed by atoms with Gasteiger partial charge in [0.15, 0.2) is 0 Å². The van der Waals surface area contributed by atoms with E-state index in [4.69, 9.17) is 4.42 Å². The summed E-state index contributed by atoms with van der Waals surface area (Å²) in [6, 6.07) is 11.2. The fourth-order valence-corrected chi connectivity index (χ4v) is 3.56. The highest BCUT2D eigenvalue weighted by atomic mass is 32.2. The second kappa shape index (κ2) is 7.76. The highest BCUT2D eigenvalue weighted by Crippen LogP contribution is 2.17. The third-order valence-corrected chi connectivity index (χ3v) is 5.34. The van der Waals surface area contributed by atoms with Gasteiger partial charge < -0.3 is 14.7 Å². The third-order valence-electron chi connectivity index (χ3n) is 4.09. The molecule has 2 heterocycles. The van der Waals surface area contributed by atoms with Gasteiger partial charge in [0.2, 0.25) is 15.9 Å². The lowest BCUT2D eigenvalue weighted by molar-refractivity contribution is -0.120. The fraction of sp³-hybridized carbons (Fsp3) is 0.278. The molecular weight excluding hydrogens is 354 g/mol. The maximum absolute atomic E-state index is 12.2. The van der Waals surface area contributed by atoms with Crippen molar-refractivity contribution in [1.82, 2.24) is 14.6 Å². The normalized spacial score (nSPS) is 11.9. The molecule has 1 amide bonds. The minimum atomic E-state index is -3.40. The van der Waals surface area contributed by atoms with Crippen LogP contribution in [0.5, 0.6) is 0 Å². The topological polar surface area (TPSA) is 95.4 Å². The molecule has 0 aliphatic rings. The first kappa shape index (κ1) is 18.2. The van der Waals surface area contributed by atoms with E-state index in [9.17, 15) is 13.2 Å². The van der Waals surface area contributed by atoms with Crippen LogP contribution in [0.4, 0.5) is 0 Å². The summed E-state index contributed by atoms with van der Waals surface area (Å²) < 4.78 is 30.3. The van der Waals surface area contributed by atoms with Gasteiger partial charge in [0.1, 0.15) is 5.76 Å². The van der Waals surface area contributed by atoms with Crippen molar-refractivity contribution in [1.29, 1.82) is 0 Å². The zero-order valence-corrected chi connectivity index (χ0v) is 15.3. The van der Waals surface area contributed by atoms with E-state index in [1.54, 1.807) is 12.1 Å². The molecule has 0 spiro atoms. The maximum atomic E-state index is 12.2. The van der Waals surface area contributed by atoms with Crippen LogP contribution in [-0.4, -0.2) is 43.0 Å². The number of furan rings is 1. The molecule has 0 aliphatic heterocycles. The minimum absolute atomic E-state index is 0.143. The molecule has 0 aliphatic carbocycles. The Morgan fingerprint density at radius 2 is 2.04 bits per heavy atom. The quantitative estimate of drug-likeness (QED) is 0.628. The van der Waals surface area contributed by atoms with Gasteiger partial charge in [0.25, 0.3) is 0 Å². The van der Waals surface area contributed by atoms with Gasteiger partial charge in [0, 0.05) is 30.2 Å². The van der Waals surface area contributed by atoms with Gasteiger partial charge in [-0.15, -0.1) is 0 Å². The van der Waals surface area contributed by atoms with Crippen LogP contribution in [0, 0.1) is 0 Å². The van der Waals surface area contributed by atoms with Crippen LogP contribution in [0.1, 0.15) is 11.3 Å². The summed E-state index contributed by atoms with van der Waals surface area (Å²) in [6.45, 7) is 0.554. The zero-order valence-electron chi connectivity index (χ0n) is 14.4. The van der Waals surface area contributed by atoms with Crippen LogP contribution in [0.2, 0.25) is 0 Å². The molecule has 2 N–H and O–H groups in total. The smallest absolute Gasteiger partial charge is 0.224 e. The molecule has 3 aromatic rings. The molecule has 0 atom stereocenters. The average Bonchev–Trinajstić information content (AvgIpc) is 3.23. The summed E-state index contributed by atoms with van der Waals surface area (Å²) >= 11 is 0. The Balaban J connectivity index is 1.54. The Bertz CT molecular complexity index is 977. The number of amides is 1. The second-order valence-corrected chi connectivity index (χ2v) is 8.04. The second-order valence-electron chi connectivity index (χ2n) is 6.06. The number of carbonyl (C=O) groups excluding carboxylic acids is 1. The molecule has 0 fully saturated rings. The maximum Gasteiger partial charge on any atom is 0.224 e. The number of hydrogen-bond donors (Lipinski definition) is 2. The zero-order chi connectivity index (χ0) is 18.6. The predicted molar refractivity (Wildman–Crippen MR) is 99.0 cm³/mol. The molecule has 0 saturated heterocycles. The number of nitrogens with zero attached hydrogens (tertiary/aromatic N) is 1. The van der Waals surface area contributed by atoms with Crippen molar-refractivity contribution in [2.24, 2.45) is 0 Å². The first-order valence-corrected chi connectivity index (χ1v) is 10.1. The SMILES string of the molecule is CS(=O)(=O)N(CCNC(=O)Cc1c[nH]c2ccccc12)Cc1ccco1. The number of nitrogens with one attached hydrogen (secondary N) is 2. The van der Waals surface area contributed by atoms with E-state index in [1.165, 1.54) is 10.6 Å². The van der Waals surface area contributed by atoms with E-state index >= 15 is 0 Å². The molecule has 0 unspecified atom stereocenters. The van der Waals surface area contributed by atoms with Crippen molar-refractivity contribution in [3.05, 3.63) is 60.2 Å². The summed E-state index contributed by atoms with van der Waals surface area (Å²) in [5.41, 5.74) is 1.89. The van der Waals surface area contributed by atoms with Crippen LogP contribution in [-0.2, 0) is 27.8 Å². The van der Waals surface area contributed by atoms with Crippen LogP contribution < -0.4 is 5.32 Å². The molecule has 0 saturated carbocycles. The van der Waals surface area contributed by atoms with Crippen molar-refractivity contribution in [3.63, 3.8) is 0 Å². The third kappa shape index (κ3) is 4.53. The van der Waals surface area contributed by atoms with Gasteiger partial charge in [-0.05, 0) is 23.8 Å². The fourth-order valence-electron chi connectivity index (χ4n) is 2.77. The Hall–Kier alpha value is -2.58. The van der Waals surface area contributed by atoms with E-state index < -0.39 is 10.0 Å². The lowest BCUT2D eigenvalue weighted by Crippen LogP contribution is -2.38. The van der Waals surface area contributed by atoms with Crippen molar-refractivity contribution in [3.8, 4) is 0 Å². The van der Waals surface area contributed by atoms with Crippen LogP contribution in [0.15, 0.2) is 53.3 Å². The van der Waals surface area contributed by atoms with Gasteiger partial charge in [0.05, 0.1) is 25.5 Å². The van der Waals surface area contributed by atoms with Crippen LogP contribution >= 0.6 is 0 Å². The number of sulfonamides is 1. The number of fused-ring (bicyclic) bond motifs is 1. The summed E-state index contributed by atoms with van der Waals surface area (Å²) in [5, 5.41) is 3.79. The largest absolute Gasteiger partial charge is 0.468 e. The van der Waals surface area contributed by atoms with Crippen LogP contribution in [0.3, 0.4) is 0 Å². The van der Waals surface area contributed by atoms with E-state index in [2.05, 4.69) is 10.3 Å². The molecule has 2 aromatic heterocycles. The molecule has 7 nitrogen and oxygen atoms in total. The molecule has 26 heavy (non-hydrogen) atoms. The number of carbonyl (C=O) groups is 1. The lowest BCUT2D eigenvalue weighted by atomic mass is 10.1. The number of benzene rings is 1. The highest BCUT2D eigenvalue weighted by Gasteiger charge is 2.18. The molecule has 0 radical (unpaired) electrons. The molecule has 8 heteroatoms. The number of H-pyrrole nitrogens is 1. The first-order valence-electron chi connectivity index (χ1n) is 8.22. The summed E-state index contributed by atoms with van der Waals surface area (Å²) in [6.07, 6.45) is 4.70. The van der Waals surface area contributed by atoms with Gasteiger partial charge in [-0.2, -0.15) is 4.31 Å². The Kier molecular flexibility index (Phi) is 5.43. The Morgan fingerprint density at radius 3 is 2.77 bits per heavy atom. The van der Waals surface area contributed by atoms with Crippen molar-refractivity contribution in [2.75, 3.05) is 19.3 Å². The van der Waals surface area contributed by atoms with E-state index in [1.807, 2.05) is 30.5 Å². The number of hydrogen-bond acceptors (Lipinski definition) is 4. The average molecular weight is 375 g/mol. The van der Waals surface area contributed by atoms with Crippen LogP contribution in [0.25, 0.3) is 10.9 Å². The molecule has 1 aromatic carbocycles. The van der Waals surface area contributed by atoms with Gasteiger partial charge in [-0.1, -0.05) is 18.2 Å². The van der Waals surface area contributed by atoms with Crippen molar-refractivity contribution < 1.29 is 17.6 Å². The monoisotopic (exact) mass is 375 g/mol. The highest BCUT2D eigenvalue weighted by molar-refractivity contribution is 7.88. The number of aromatic amines is 1. The predicted octanol–water partition coefficient (Wildman–Crippen LogP) is 1.88. The molecule has 0 bridgehead atoms. The summed E-state index contributed by atoms with van der Waals surface area (Å²) in [4.78, 5) is 15.3. The standard InChI is InChI=1S/C18H21N3O4S/c1-26(23,24)21(13-15-5-4-10-25-15)9-8-19-18(22)11-14-12-20-17-7-3-2-6-16(14)17/h2-7,10,12,20H,8-9,11,13H2,1H3,(H,19,22). The van der Waals surface area contributed by atoms with Gasteiger partial charge in [-0.25, -0.2) is 8.42 Å².